The van der Waals surface area contributed by atoms with Crippen LogP contribution in [0.2, 0.25) is 0 Å². The van der Waals surface area contributed by atoms with Crippen LogP contribution in [0.25, 0.3) is 0 Å². The zero-order valence-corrected chi connectivity index (χ0v) is 26.3. The van der Waals surface area contributed by atoms with Crippen LogP contribution in [0, 0.1) is 10.8 Å². The molecule has 0 saturated heterocycles. The number of carbonyl (C=O) groups is 2. The van der Waals surface area contributed by atoms with E-state index in [1.165, 1.54) is 0 Å². The molecule has 8 heteroatoms. The molecule has 0 unspecified atom stereocenters. The molecule has 4 N–H and O–H groups in total. The maximum Gasteiger partial charge on any atom is 0.315 e. The lowest BCUT2D eigenvalue weighted by Gasteiger charge is -2.46. The SMILES string of the molecule is CCCCOc1ccccc1CNC(=O)NC[C@]1(C)C[C@H](NC(=O)NCc2ccccc2OCCCC)CC(C)(C)C1. The van der Waals surface area contributed by atoms with Gasteiger partial charge in [-0.05, 0) is 55.1 Å². The van der Waals surface area contributed by atoms with Gasteiger partial charge in [-0.2, -0.15) is 0 Å². The van der Waals surface area contributed by atoms with Gasteiger partial charge in [0.1, 0.15) is 11.5 Å². The van der Waals surface area contributed by atoms with Crippen LogP contribution in [0.4, 0.5) is 9.59 Å². The molecule has 232 valence electrons. The first kappa shape index (κ1) is 33.1. The summed E-state index contributed by atoms with van der Waals surface area (Å²) in [5, 5.41) is 12.3. The molecule has 8 nitrogen and oxygen atoms in total. The average Bonchev–Trinajstić information content (AvgIpc) is 2.94. The van der Waals surface area contributed by atoms with Gasteiger partial charge in [0, 0.05) is 36.8 Å². The molecule has 4 amide bonds. The van der Waals surface area contributed by atoms with Gasteiger partial charge in [-0.25, -0.2) is 9.59 Å². The smallest absolute Gasteiger partial charge is 0.315 e. The Morgan fingerprint density at radius 3 is 1.83 bits per heavy atom. The summed E-state index contributed by atoms with van der Waals surface area (Å²) in [6.07, 6.45) is 6.76. The number of nitrogens with one attached hydrogen (secondary N) is 4. The lowest BCUT2D eigenvalue weighted by molar-refractivity contribution is 0.0749. The second-order valence-electron chi connectivity index (χ2n) is 12.7. The summed E-state index contributed by atoms with van der Waals surface area (Å²) in [5.41, 5.74) is 1.79. The largest absolute Gasteiger partial charge is 0.493 e. The fourth-order valence-electron chi connectivity index (χ4n) is 6.05. The molecule has 1 saturated carbocycles. The van der Waals surface area contributed by atoms with Crippen molar-refractivity contribution in [3.63, 3.8) is 0 Å². The van der Waals surface area contributed by atoms with Gasteiger partial charge in [0.2, 0.25) is 0 Å². The van der Waals surface area contributed by atoms with E-state index in [2.05, 4.69) is 55.9 Å². The van der Waals surface area contributed by atoms with Crippen molar-refractivity contribution in [3.8, 4) is 11.5 Å². The van der Waals surface area contributed by atoms with Crippen LogP contribution in [-0.2, 0) is 13.1 Å². The van der Waals surface area contributed by atoms with Crippen LogP contribution in [0.15, 0.2) is 48.5 Å². The van der Waals surface area contributed by atoms with E-state index in [9.17, 15) is 9.59 Å². The molecule has 0 spiro atoms. The Kier molecular flexibility index (Phi) is 12.8. The molecule has 0 radical (unpaired) electrons. The summed E-state index contributed by atoms with van der Waals surface area (Å²) >= 11 is 0. The molecule has 0 bridgehead atoms. The molecular formula is C34H52N4O4. The molecule has 0 aliphatic heterocycles. The summed E-state index contributed by atoms with van der Waals surface area (Å²) in [7, 11) is 0. The van der Waals surface area contributed by atoms with Crippen LogP contribution < -0.4 is 30.7 Å². The molecule has 0 heterocycles. The van der Waals surface area contributed by atoms with Gasteiger partial charge in [-0.1, -0.05) is 83.9 Å². The molecular weight excluding hydrogens is 528 g/mol. The average molecular weight is 581 g/mol. The van der Waals surface area contributed by atoms with E-state index in [4.69, 9.17) is 9.47 Å². The van der Waals surface area contributed by atoms with Gasteiger partial charge in [0.25, 0.3) is 0 Å². The summed E-state index contributed by atoms with van der Waals surface area (Å²) in [4.78, 5) is 25.7. The van der Waals surface area contributed by atoms with Gasteiger partial charge >= 0.3 is 12.1 Å². The maximum absolute atomic E-state index is 12.9. The van der Waals surface area contributed by atoms with E-state index in [-0.39, 0.29) is 28.9 Å². The molecule has 3 rings (SSSR count). The second-order valence-corrected chi connectivity index (χ2v) is 12.7. The number of rotatable bonds is 15. The summed E-state index contributed by atoms with van der Waals surface area (Å²) in [6, 6.07) is 15.3. The Balaban J connectivity index is 1.49. The number of ether oxygens (including phenoxy) is 2. The molecule has 1 aliphatic carbocycles. The van der Waals surface area contributed by atoms with E-state index >= 15 is 0 Å². The highest BCUT2D eigenvalue weighted by atomic mass is 16.5. The third-order valence-electron chi connectivity index (χ3n) is 7.79. The van der Waals surface area contributed by atoms with Crippen molar-refractivity contribution < 1.29 is 19.1 Å². The lowest BCUT2D eigenvalue weighted by atomic mass is 9.62. The number of amides is 4. The Bertz CT molecular complexity index is 1140. The van der Waals surface area contributed by atoms with Gasteiger partial charge in [-0.15, -0.1) is 0 Å². The Hall–Kier alpha value is -3.42. The van der Waals surface area contributed by atoms with Crippen LogP contribution in [-0.4, -0.2) is 37.9 Å². The van der Waals surface area contributed by atoms with E-state index in [1.54, 1.807) is 0 Å². The maximum atomic E-state index is 12.9. The van der Waals surface area contributed by atoms with Crippen molar-refractivity contribution in [1.82, 2.24) is 21.3 Å². The molecule has 1 aliphatic rings. The fourth-order valence-corrected chi connectivity index (χ4v) is 6.05. The van der Waals surface area contributed by atoms with Gasteiger partial charge < -0.3 is 30.7 Å². The number of benzene rings is 2. The highest BCUT2D eigenvalue weighted by Crippen LogP contribution is 2.45. The molecule has 2 atom stereocenters. The summed E-state index contributed by atoms with van der Waals surface area (Å²) < 4.78 is 11.8. The predicted molar refractivity (Wildman–Crippen MR) is 169 cm³/mol. The van der Waals surface area contributed by atoms with E-state index < -0.39 is 0 Å². The minimum atomic E-state index is -0.204. The number of para-hydroxylation sites is 2. The van der Waals surface area contributed by atoms with Crippen molar-refractivity contribution in [2.45, 2.75) is 98.7 Å². The minimum absolute atomic E-state index is 0.00630. The number of hydrogen-bond donors (Lipinski definition) is 4. The van der Waals surface area contributed by atoms with Crippen LogP contribution >= 0.6 is 0 Å². The minimum Gasteiger partial charge on any atom is -0.493 e. The second kappa shape index (κ2) is 16.3. The number of urea groups is 2. The summed E-state index contributed by atoms with van der Waals surface area (Å²) in [6.45, 7) is 13.6. The van der Waals surface area contributed by atoms with Gasteiger partial charge in [0.15, 0.2) is 0 Å². The fraction of sp³-hybridized carbons (Fsp3) is 0.588. The molecule has 0 aromatic heterocycles. The lowest BCUT2D eigenvalue weighted by Crippen LogP contribution is -2.52. The van der Waals surface area contributed by atoms with Crippen molar-refractivity contribution in [1.29, 1.82) is 0 Å². The first-order chi connectivity index (χ1) is 20.1. The van der Waals surface area contributed by atoms with Crippen LogP contribution in [0.5, 0.6) is 11.5 Å². The third kappa shape index (κ3) is 11.1. The van der Waals surface area contributed by atoms with Gasteiger partial charge in [-0.3, -0.25) is 0 Å². The first-order valence-corrected chi connectivity index (χ1v) is 15.6. The number of hydrogen-bond acceptors (Lipinski definition) is 4. The Morgan fingerprint density at radius 1 is 0.762 bits per heavy atom. The predicted octanol–water partition coefficient (Wildman–Crippen LogP) is 6.93. The molecule has 2 aromatic carbocycles. The van der Waals surface area contributed by atoms with Crippen molar-refractivity contribution >= 4 is 12.1 Å². The van der Waals surface area contributed by atoms with E-state index in [0.717, 1.165) is 67.6 Å². The highest BCUT2D eigenvalue weighted by molar-refractivity contribution is 5.74. The van der Waals surface area contributed by atoms with Crippen LogP contribution in [0.1, 0.15) is 90.7 Å². The monoisotopic (exact) mass is 580 g/mol. The first-order valence-electron chi connectivity index (χ1n) is 15.6. The zero-order valence-electron chi connectivity index (χ0n) is 26.3. The standard InChI is InChI=1S/C34H52N4O4/c1-6-8-18-41-29-16-12-10-14-26(29)22-35-31(39)37-25-34(5)21-28(20-33(3,4)24-34)38-32(40)36-23-27-15-11-13-17-30(27)42-19-9-7-2/h10-17,28H,6-9,18-25H2,1-5H3,(H2,35,37,39)(H2,36,38,40)/t28-,34-/m1/s1. The molecule has 2 aromatic rings. The zero-order chi connectivity index (χ0) is 30.4. The Labute approximate surface area is 252 Å². The normalized spacial score (nSPS) is 19.4. The van der Waals surface area contributed by atoms with Crippen molar-refractivity contribution in [2.24, 2.45) is 10.8 Å². The van der Waals surface area contributed by atoms with Crippen molar-refractivity contribution in [3.05, 3.63) is 59.7 Å². The number of carbonyl (C=O) groups excluding carboxylic acids is 2. The Morgan fingerprint density at radius 2 is 1.29 bits per heavy atom. The molecule has 1 fully saturated rings. The summed E-state index contributed by atoms with van der Waals surface area (Å²) in [5.74, 6) is 1.63. The van der Waals surface area contributed by atoms with E-state index in [1.807, 2.05) is 48.5 Å². The third-order valence-corrected chi connectivity index (χ3v) is 7.79. The molecule has 42 heavy (non-hydrogen) atoms. The van der Waals surface area contributed by atoms with Gasteiger partial charge in [0.05, 0.1) is 13.2 Å². The van der Waals surface area contributed by atoms with E-state index in [0.29, 0.717) is 32.8 Å². The highest BCUT2D eigenvalue weighted by Gasteiger charge is 2.41. The van der Waals surface area contributed by atoms with Crippen LogP contribution in [0.3, 0.4) is 0 Å². The number of unbranched alkanes of at least 4 members (excludes halogenated alkanes) is 2. The quantitative estimate of drug-likeness (QED) is 0.172. The van der Waals surface area contributed by atoms with Crippen molar-refractivity contribution in [2.75, 3.05) is 19.8 Å². The topological polar surface area (TPSA) is 101 Å².